The molecule has 0 atom stereocenters. The normalized spacial score (nSPS) is 15.9. The van der Waals surface area contributed by atoms with Gasteiger partial charge >= 0.3 is 5.69 Å². The number of carbonyl (C=O) groups excluding carboxylic acids is 1. The Morgan fingerprint density at radius 2 is 2.24 bits per heavy atom. The molecule has 1 amide bonds. The predicted octanol–water partition coefficient (Wildman–Crippen LogP) is 1.18. The maximum atomic E-state index is 12.2. The number of para-hydroxylation sites is 1. The SMILES string of the molecule is COC1(CNC(=O)c2cccc(NN)c2[N+](=O)[O-])CCC1. The van der Waals surface area contributed by atoms with Crippen molar-refractivity contribution in [3.05, 3.63) is 33.9 Å². The molecule has 1 aliphatic rings. The summed E-state index contributed by atoms with van der Waals surface area (Å²) >= 11 is 0. The molecule has 1 fully saturated rings. The number of hydrazine groups is 1. The lowest BCUT2D eigenvalue weighted by Crippen LogP contribution is -2.49. The maximum Gasteiger partial charge on any atom is 0.306 e. The highest BCUT2D eigenvalue weighted by Gasteiger charge is 2.37. The molecule has 0 unspecified atom stereocenters. The monoisotopic (exact) mass is 294 g/mol. The average Bonchev–Trinajstić information content (AvgIpc) is 2.45. The number of nitrogens with zero attached hydrogens (tertiary/aromatic N) is 1. The first-order valence-corrected chi connectivity index (χ1v) is 6.60. The number of hydrogen-bond donors (Lipinski definition) is 3. The number of amides is 1. The van der Waals surface area contributed by atoms with Crippen LogP contribution in [0.3, 0.4) is 0 Å². The summed E-state index contributed by atoms with van der Waals surface area (Å²) in [6.07, 6.45) is 2.79. The molecule has 0 saturated heterocycles. The summed E-state index contributed by atoms with van der Waals surface area (Å²) in [5.74, 6) is 4.73. The summed E-state index contributed by atoms with van der Waals surface area (Å²) in [5.41, 5.74) is 1.63. The zero-order valence-electron chi connectivity index (χ0n) is 11.7. The molecule has 0 radical (unpaired) electrons. The lowest BCUT2D eigenvalue weighted by Gasteiger charge is -2.40. The van der Waals surface area contributed by atoms with Crippen molar-refractivity contribution in [1.82, 2.24) is 5.32 Å². The molecule has 8 heteroatoms. The average molecular weight is 294 g/mol. The molecular formula is C13H18N4O4. The van der Waals surface area contributed by atoms with Crippen molar-refractivity contribution in [2.45, 2.75) is 24.9 Å². The Bertz CT molecular complexity index is 552. The summed E-state index contributed by atoms with van der Waals surface area (Å²) in [6, 6.07) is 4.37. The van der Waals surface area contributed by atoms with Gasteiger partial charge in [0.15, 0.2) is 0 Å². The number of hydrogen-bond acceptors (Lipinski definition) is 6. The molecule has 8 nitrogen and oxygen atoms in total. The van der Waals surface area contributed by atoms with E-state index in [-0.39, 0.29) is 22.5 Å². The Morgan fingerprint density at radius 1 is 1.52 bits per heavy atom. The van der Waals surface area contributed by atoms with Gasteiger partial charge in [-0.1, -0.05) is 6.07 Å². The van der Waals surface area contributed by atoms with E-state index < -0.39 is 10.8 Å². The Kier molecular flexibility index (Phi) is 4.39. The summed E-state index contributed by atoms with van der Waals surface area (Å²) in [5, 5.41) is 13.8. The smallest absolute Gasteiger partial charge is 0.306 e. The quantitative estimate of drug-likeness (QED) is 0.411. The lowest BCUT2D eigenvalue weighted by atomic mass is 9.80. The van der Waals surface area contributed by atoms with E-state index in [0.29, 0.717) is 6.54 Å². The van der Waals surface area contributed by atoms with Crippen molar-refractivity contribution in [2.75, 3.05) is 19.1 Å². The second-order valence-corrected chi connectivity index (χ2v) is 5.03. The highest BCUT2D eigenvalue weighted by molar-refractivity contribution is 6.00. The number of methoxy groups -OCH3 is 1. The standard InChI is InChI=1S/C13H18N4O4/c1-21-13(6-3-7-13)8-15-12(18)9-4-2-5-10(16-14)11(9)17(19)20/h2,4-5,16H,3,6-8,14H2,1H3,(H,15,18). The number of rotatable bonds is 6. The van der Waals surface area contributed by atoms with Crippen LogP contribution < -0.4 is 16.6 Å². The molecule has 0 bridgehead atoms. The first-order chi connectivity index (χ1) is 10.0. The van der Waals surface area contributed by atoms with E-state index in [1.807, 2.05) is 0 Å². The molecule has 0 spiro atoms. The lowest BCUT2D eigenvalue weighted by molar-refractivity contribution is -0.384. The number of nitro benzene ring substituents is 1. The number of benzene rings is 1. The number of ether oxygens (including phenoxy) is 1. The fourth-order valence-electron chi connectivity index (χ4n) is 2.40. The third-order valence-electron chi connectivity index (χ3n) is 3.89. The van der Waals surface area contributed by atoms with Gasteiger partial charge in [-0.25, -0.2) is 0 Å². The van der Waals surface area contributed by atoms with Crippen molar-refractivity contribution in [1.29, 1.82) is 0 Å². The second-order valence-electron chi connectivity index (χ2n) is 5.03. The minimum absolute atomic E-state index is 0.0268. The van der Waals surface area contributed by atoms with Crippen molar-refractivity contribution < 1.29 is 14.5 Å². The van der Waals surface area contributed by atoms with Gasteiger partial charge in [-0.3, -0.25) is 20.8 Å². The molecule has 1 aromatic rings. The van der Waals surface area contributed by atoms with Crippen LogP contribution in [0.15, 0.2) is 18.2 Å². The van der Waals surface area contributed by atoms with Crippen LogP contribution in [-0.4, -0.2) is 30.1 Å². The number of nitrogens with two attached hydrogens (primary N) is 1. The number of nitro groups is 1. The first-order valence-electron chi connectivity index (χ1n) is 6.60. The molecular weight excluding hydrogens is 276 g/mol. The minimum Gasteiger partial charge on any atom is -0.376 e. The second kappa shape index (κ2) is 6.06. The topological polar surface area (TPSA) is 120 Å². The van der Waals surface area contributed by atoms with E-state index in [4.69, 9.17) is 10.6 Å². The van der Waals surface area contributed by atoms with E-state index >= 15 is 0 Å². The largest absolute Gasteiger partial charge is 0.376 e. The number of nitrogen functional groups attached to an aromatic ring is 1. The van der Waals surface area contributed by atoms with Gasteiger partial charge < -0.3 is 15.5 Å². The van der Waals surface area contributed by atoms with E-state index in [1.54, 1.807) is 7.11 Å². The number of anilines is 1. The molecule has 1 aliphatic carbocycles. The fraction of sp³-hybridized carbons (Fsp3) is 0.462. The summed E-state index contributed by atoms with van der Waals surface area (Å²) in [6.45, 7) is 0.333. The fourth-order valence-corrected chi connectivity index (χ4v) is 2.40. The van der Waals surface area contributed by atoms with E-state index in [9.17, 15) is 14.9 Å². The van der Waals surface area contributed by atoms with Crippen LogP contribution >= 0.6 is 0 Å². The van der Waals surface area contributed by atoms with Gasteiger partial charge in [-0.2, -0.15) is 0 Å². The summed E-state index contributed by atoms with van der Waals surface area (Å²) in [4.78, 5) is 22.7. The molecule has 4 N–H and O–H groups in total. The van der Waals surface area contributed by atoms with Crippen LogP contribution in [-0.2, 0) is 4.74 Å². The van der Waals surface area contributed by atoms with Crippen molar-refractivity contribution in [2.24, 2.45) is 5.84 Å². The molecule has 1 aromatic carbocycles. The summed E-state index contributed by atoms with van der Waals surface area (Å²) in [7, 11) is 1.60. The predicted molar refractivity (Wildman–Crippen MR) is 76.8 cm³/mol. The van der Waals surface area contributed by atoms with Gasteiger partial charge in [0.25, 0.3) is 5.91 Å². The van der Waals surface area contributed by atoms with Crippen LogP contribution in [0.4, 0.5) is 11.4 Å². The zero-order chi connectivity index (χ0) is 15.5. The molecule has 2 rings (SSSR count). The highest BCUT2D eigenvalue weighted by Crippen LogP contribution is 2.34. The minimum atomic E-state index is -0.625. The van der Waals surface area contributed by atoms with Gasteiger partial charge in [0.2, 0.25) is 0 Å². The van der Waals surface area contributed by atoms with Crippen LogP contribution in [0.5, 0.6) is 0 Å². The van der Waals surface area contributed by atoms with Crippen molar-refractivity contribution in [3.63, 3.8) is 0 Å². The van der Waals surface area contributed by atoms with Gasteiger partial charge in [-0.05, 0) is 31.4 Å². The Balaban J connectivity index is 2.17. The molecule has 0 aromatic heterocycles. The Morgan fingerprint density at radius 3 is 2.71 bits per heavy atom. The Labute approximate surface area is 121 Å². The first kappa shape index (κ1) is 15.2. The Hall–Kier alpha value is -2.19. The van der Waals surface area contributed by atoms with E-state index in [1.165, 1.54) is 18.2 Å². The number of nitrogens with one attached hydrogen (secondary N) is 2. The molecule has 1 saturated carbocycles. The molecule has 114 valence electrons. The zero-order valence-corrected chi connectivity index (χ0v) is 11.7. The van der Waals surface area contributed by atoms with Crippen LogP contribution in [0.25, 0.3) is 0 Å². The number of carbonyl (C=O) groups is 1. The molecule has 0 heterocycles. The van der Waals surface area contributed by atoms with Crippen LogP contribution in [0, 0.1) is 10.1 Å². The van der Waals surface area contributed by atoms with Crippen LogP contribution in [0.2, 0.25) is 0 Å². The van der Waals surface area contributed by atoms with E-state index in [0.717, 1.165) is 19.3 Å². The van der Waals surface area contributed by atoms with Crippen molar-refractivity contribution in [3.8, 4) is 0 Å². The highest BCUT2D eigenvalue weighted by atomic mass is 16.6. The maximum absolute atomic E-state index is 12.2. The molecule has 21 heavy (non-hydrogen) atoms. The van der Waals surface area contributed by atoms with Crippen molar-refractivity contribution >= 4 is 17.3 Å². The van der Waals surface area contributed by atoms with Gasteiger partial charge in [0, 0.05) is 13.7 Å². The van der Waals surface area contributed by atoms with Gasteiger partial charge in [-0.15, -0.1) is 0 Å². The van der Waals surface area contributed by atoms with Gasteiger partial charge in [0.1, 0.15) is 11.3 Å². The van der Waals surface area contributed by atoms with Gasteiger partial charge in [0.05, 0.1) is 10.5 Å². The third kappa shape index (κ3) is 2.96. The van der Waals surface area contributed by atoms with E-state index in [2.05, 4.69) is 10.7 Å². The third-order valence-corrected chi connectivity index (χ3v) is 3.89. The summed E-state index contributed by atoms with van der Waals surface area (Å²) < 4.78 is 5.40. The molecule has 0 aliphatic heterocycles. The van der Waals surface area contributed by atoms with Crippen LogP contribution in [0.1, 0.15) is 29.6 Å².